The molecule has 11 heteroatoms. The summed E-state index contributed by atoms with van der Waals surface area (Å²) in [7, 11) is -0.0257. The van der Waals surface area contributed by atoms with Crippen LogP contribution < -0.4 is 14.8 Å². The van der Waals surface area contributed by atoms with Crippen molar-refractivity contribution >= 4 is 27.7 Å². The highest BCUT2D eigenvalue weighted by atomic mass is 32.2. The van der Waals surface area contributed by atoms with Crippen molar-refractivity contribution in [2.24, 2.45) is 0 Å². The Morgan fingerprint density at radius 1 is 1.13 bits per heavy atom. The third-order valence-electron chi connectivity index (χ3n) is 3.87. The number of ether oxygens (including phenoxy) is 2. The van der Waals surface area contributed by atoms with Gasteiger partial charge in [0.05, 0.1) is 19.1 Å². The van der Waals surface area contributed by atoms with Gasteiger partial charge in [-0.25, -0.2) is 8.42 Å². The highest BCUT2D eigenvalue weighted by molar-refractivity contribution is 7.89. The number of para-hydroxylation sites is 1. The highest BCUT2D eigenvalue weighted by Gasteiger charge is 2.20. The van der Waals surface area contributed by atoms with Gasteiger partial charge in [-0.15, -0.1) is 0 Å². The van der Waals surface area contributed by atoms with Gasteiger partial charge in [-0.3, -0.25) is 9.63 Å². The Labute approximate surface area is 172 Å². The fourth-order valence-corrected chi connectivity index (χ4v) is 3.32. The molecular weight excluding hydrogens is 422 g/mol. The molecule has 1 amide bonds. The van der Waals surface area contributed by atoms with Crippen molar-refractivity contribution in [2.75, 3.05) is 26.6 Å². The Morgan fingerprint density at radius 3 is 2.37 bits per heavy atom. The Bertz CT molecular complexity index is 1010. The summed E-state index contributed by atoms with van der Waals surface area (Å²) in [6.07, 6.45) is 2.42. The normalized spacial score (nSPS) is 11.8. The van der Waals surface area contributed by atoms with Crippen LogP contribution >= 0.6 is 0 Å². The smallest absolute Gasteiger partial charge is 0.387 e. The molecular formula is C19H20F2N2O6S. The van der Waals surface area contributed by atoms with Crippen molar-refractivity contribution in [3.63, 3.8) is 0 Å². The third kappa shape index (κ3) is 5.75. The van der Waals surface area contributed by atoms with E-state index in [1.54, 1.807) is 6.07 Å². The maximum Gasteiger partial charge on any atom is 0.387 e. The molecule has 0 saturated carbocycles. The van der Waals surface area contributed by atoms with Crippen LogP contribution in [0, 0.1) is 0 Å². The number of methoxy groups -OCH3 is 1. The molecule has 0 aromatic heterocycles. The average Bonchev–Trinajstić information content (AvgIpc) is 2.72. The summed E-state index contributed by atoms with van der Waals surface area (Å²) in [6.45, 7) is -3.06. The van der Waals surface area contributed by atoms with Crippen LogP contribution in [0.1, 0.15) is 5.56 Å². The minimum Gasteiger partial charge on any atom is -0.493 e. The van der Waals surface area contributed by atoms with Crippen molar-refractivity contribution in [1.29, 1.82) is 0 Å². The van der Waals surface area contributed by atoms with E-state index >= 15 is 0 Å². The molecule has 2 aromatic carbocycles. The first kappa shape index (κ1) is 23.3. The maximum atomic E-state index is 12.7. The lowest BCUT2D eigenvalue weighted by Crippen LogP contribution is -2.25. The average molecular weight is 442 g/mol. The topological polar surface area (TPSA) is 94.2 Å². The van der Waals surface area contributed by atoms with Gasteiger partial charge in [0.1, 0.15) is 0 Å². The molecule has 0 bridgehead atoms. The van der Waals surface area contributed by atoms with E-state index in [0.717, 1.165) is 6.08 Å². The Hall–Kier alpha value is -3.02. The maximum absolute atomic E-state index is 12.7. The second-order valence-corrected chi connectivity index (χ2v) is 7.64. The lowest BCUT2D eigenvalue weighted by Gasteiger charge is -2.14. The quantitative estimate of drug-likeness (QED) is 0.474. The molecule has 0 heterocycles. The van der Waals surface area contributed by atoms with Crippen LogP contribution in [0.5, 0.6) is 11.5 Å². The Kier molecular flexibility index (Phi) is 7.86. The van der Waals surface area contributed by atoms with Crippen molar-refractivity contribution in [3.05, 3.63) is 54.1 Å². The van der Waals surface area contributed by atoms with E-state index in [1.807, 2.05) is 0 Å². The molecule has 1 N–H and O–H groups in total. The summed E-state index contributed by atoms with van der Waals surface area (Å²) in [4.78, 5) is 16.8. The predicted molar refractivity (Wildman–Crippen MR) is 106 cm³/mol. The molecule has 0 aliphatic carbocycles. The number of rotatable bonds is 9. The van der Waals surface area contributed by atoms with Gasteiger partial charge in [0.2, 0.25) is 5.91 Å². The number of hydrogen-bond acceptors (Lipinski definition) is 6. The van der Waals surface area contributed by atoms with Crippen LogP contribution in [0.4, 0.5) is 14.5 Å². The van der Waals surface area contributed by atoms with Crippen molar-refractivity contribution in [1.82, 2.24) is 4.47 Å². The largest absolute Gasteiger partial charge is 0.493 e. The molecule has 0 atom stereocenters. The summed E-state index contributed by atoms with van der Waals surface area (Å²) in [5, 5.41) is 2.54. The van der Waals surface area contributed by atoms with E-state index in [4.69, 9.17) is 4.74 Å². The number of carbonyl (C=O) groups excluding carboxylic acids is 1. The number of anilines is 1. The van der Waals surface area contributed by atoms with E-state index in [1.165, 1.54) is 63.7 Å². The van der Waals surface area contributed by atoms with Gasteiger partial charge in [-0.05, 0) is 36.4 Å². The zero-order valence-corrected chi connectivity index (χ0v) is 17.2. The summed E-state index contributed by atoms with van der Waals surface area (Å²) >= 11 is 0. The second-order valence-electron chi connectivity index (χ2n) is 5.70. The van der Waals surface area contributed by atoms with Crippen molar-refractivity contribution < 1.29 is 36.3 Å². The van der Waals surface area contributed by atoms with E-state index in [0.29, 0.717) is 10.2 Å². The molecule has 0 saturated heterocycles. The van der Waals surface area contributed by atoms with Crippen LogP contribution in [0.2, 0.25) is 0 Å². The van der Waals surface area contributed by atoms with E-state index in [-0.39, 0.29) is 22.0 Å². The lowest BCUT2D eigenvalue weighted by molar-refractivity contribution is -0.111. The number of amides is 1. The number of benzene rings is 2. The van der Waals surface area contributed by atoms with E-state index in [9.17, 15) is 22.0 Å². The van der Waals surface area contributed by atoms with Crippen LogP contribution in [0.15, 0.2) is 53.4 Å². The fraction of sp³-hybridized carbons (Fsp3) is 0.211. The summed E-state index contributed by atoms with van der Waals surface area (Å²) in [5.74, 6) is -0.669. The third-order valence-corrected chi connectivity index (χ3v) is 5.56. The molecule has 30 heavy (non-hydrogen) atoms. The van der Waals surface area contributed by atoms with E-state index in [2.05, 4.69) is 14.9 Å². The minimum atomic E-state index is -3.80. The molecule has 0 radical (unpaired) electrons. The Balaban J connectivity index is 2.14. The molecule has 162 valence electrons. The SMILES string of the molecule is COc1cccc(/C=C/C(=O)Nc2ccc(S(=O)(=O)N(C)OC)cc2)c1OC(F)F. The number of halogens is 2. The Morgan fingerprint density at radius 2 is 1.80 bits per heavy atom. The molecule has 0 fully saturated rings. The number of nitrogens with one attached hydrogen (secondary N) is 1. The first-order valence-corrected chi connectivity index (χ1v) is 9.87. The minimum absolute atomic E-state index is 0.0226. The summed E-state index contributed by atoms with van der Waals surface area (Å²) < 4.78 is 59.8. The molecule has 8 nitrogen and oxygen atoms in total. The number of nitrogens with zero attached hydrogens (tertiary/aromatic N) is 1. The molecule has 0 aliphatic rings. The highest BCUT2D eigenvalue weighted by Crippen LogP contribution is 2.33. The zero-order valence-electron chi connectivity index (χ0n) is 16.3. The number of carbonyl (C=O) groups is 1. The van der Waals surface area contributed by atoms with Gasteiger partial charge in [-0.1, -0.05) is 16.6 Å². The first-order chi connectivity index (χ1) is 14.2. The molecule has 0 spiro atoms. The molecule has 0 unspecified atom stereocenters. The fourth-order valence-electron chi connectivity index (χ4n) is 2.35. The number of hydroxylamine groups is 1. The van der Waals surface area contributed by atoms with Crippen LogP contribution in [-0.4, -0.2) is 46.7 Å². The standard InChI is InChI=1S/C19H20F2N2O6S/c1-23(28-3)30(25,26)15-10-8-14(9-11-15)22-17(24)12-7-13-5-4-6-16(27-2)18(13)29-19(20)21/h4-12,19H,1-3H3,(H,22,24)/b12-7+. The second kappa shape index (κ2) is 10.1. The number of sulfonamides is 1. The van der Waals surface area contributed by atoms with E-state index < -0.39 is 22.5 Å². The van der Waals surface area contributed by atoms with Gasteiger partial charge in [0.15, 0.2) is 11.5 Å². The molecule has 0 aliphatic heterocycles. The number of hydrogen-bond donors (Lipinski definition) is 1. The van der Waals surface area contributed by atoms with Gasteiger partial charge in [0, 0.05) is 24.4 Å². The first-order valence-electron chi connectivity index (χ1n) is 8.43. The van der Waals surface area contributed by atoms with Crippen molar-refractivity contribution in [2.45, 2.75) is 11.5 Å². The summed E-state index contributed by atoms with van der Waals surface area (Å²) in [5.41, 5.74) is 0.548. The summed E-state index contributed by atoms with van der Waals surface area (Å²) in [6, 6.07) is 9.91. The molecule has 2 rings (SSSR count). The zero-order chi connectivity index (χ0) is 22.3. The van der Waals surface area contributed by atoms with Gasteiger partial charge in [-0.2, -0.15) is 8.78 Å². The van der Waals surface area contributed by atoms with Gasteiger partial charge >= 0.3 is 6.61 Å². The lowest BCUT2D eigenvalue weighted by atomic mass is 10.1. The van der Waals surface area contributed by atoms with Crippen LogP contribution in [0.3, 0.4) is 0 Å². The predicted octanol–water partition coefficient (Wildman–Crippen LogP) is 3.13. The van der Waals surface area contributed by atoms with Crippen molar-refractivity contribution in [3.8, 4) is 11.5 Å². The van der Waals surface area contributed by atoms with Gasteiger partial charge < -0.3 is 14.8 Å². The molecule has 2 aromatic rings. The van der Waals surface area contributed by atoms with Gasteiger partial charge in [0.25, 0.3) is 10.0 Å². The van der Waals surface area contributed by atoms with Crippen LogP contribution in [-0.2, 0) is 19.7 Å². The monoisotopic (exact) mass is 442 g/mol. The van der Waals surface area contributed by atoms with Crippen LogP contribution in [0.25, 0.3) is 6.08 Å². The number of alkyl halides is 2.